The SMILES string of the molecule is COc1ccc(CSCC2(CC(=O)O)CC2)cc1[N+](=O)[O-]. The molecule has 2 rings (SSSR count). The largest absolute Gasteiger partial charge is 0.490 e. The maximum absolute atomic E-state index is 11.0. The first kappa shape index (κ1) is 15.6. The second kappa shape index (κ2) is 6.34. The molecule has 1 fully saturated rings. The summed E-state index contributed by atoms with van der Waals surface area (Å²) in [5.74, 6) is 0.900. The lowest BCUT2D eigenvalue weighted by molar-refractivity contribution is -0.385. The van der Waals surface area contributed by atoms with E-state index in [0.29, 0.717) is 5.75 Å². The van der Waals surface area contributed by atoms with Gasteiger partial charge in [0.05, 0.1) is 18.5 Å². The maximum atomic E-state index is 11.0. The van der Waals surface area contributed by atoms with Crippen LogP contribution in [-0.2, 0) is 10.5 Å². The molecule has 0 aliphatic heterocycles. The van der Waals surface area contributed by atoms with Gasteiger partial charge < -0.3 is 9.84 Å². The number of hydrogen-bond acceptors (Lipinski definition) is 5. The second-order valence-electron chi connectivity index (χ2n) is 5.33. The lowest BCUT2D eigenvalue weighted by atomic mass is 10.1. The van der Waals surface area contributed by atoms with Crippen molar-refractivity contribution in [3.8, 4) is 5.75 Å². The van der Waals surface area contributed by atoms with Crippen LogP contribution in [0, 0.1) is 15.5 Å². The Morgan fingerprint density at radius 1 is 1.52 bits per heavy atom. The van der Waals surface area contributed by atoms with Crippen molar-refractivity contribution >= 4 is 23.4 Å². The molecule has 0 radical (unpaired) electrons. The number of hydrogen-bond donors (Lipinski definition) is 1. The molecule has 0 spiro atoms. The molecular weight excluding hydrogens is 294 g/mol. The zero-order valence-electron chi connectivity index (χ0n) is 11.7. The smallest absolute Gasteiger partial charge is 0.311 e. The van der Waals surface area contributed by atoms with Gasteiger partial charge >= 0.3 is 11.7 Å². The third kappa shape index (κ3) is 4.10. The number of methoxy groups -OCH3 is 1. The molecular formula is C14H17NO5S. The molecule has 0 heterocycles. The van der Waals surface area contributed by atoms with Gasteiger partial charge in [0.1, 0.15) is 0 Å². The zero-order chi connectivity index (χ0) is 15.5. The van der Waals surface area contributed by atoms with Gasteiger partial charge in [0, 0.05) is 11.8 Å². The highest BCUT2D eigenvalue weighted by molar-refractivity contribution is 7.98. The molecule has 0 unspecified atom stereocenters. The summed E-state index contributed by atoms with van der Waals surface area (Å²) in [6, 6.07) is 4.91. The summed E-state index contributed by atoms with van der Waals surface area (Å²) >= 11 is 1.62. The molecule has 7 heteroatoms. The van der Waals surface area contributed by atoms with Crippen molar-refractivity contribution < 1.29 is 19.6 Å². The van der Waals surface area contributed by atoms with E-state index in [9.17, 15) is 14.9 Å². The number of rotatable bonds is 8. The number of benzene rings is 1. The summed E-state index contributed by atoms with van der Waals surface area (Å²) in [7, 11) is 1.40. The van der Waals surface area contributed by atoms with Gasteiger partial charge in [0.15, 0.2) is 5.75 Å². The van der Waals surface area contributed by atoms with Crippen molar-refractivity contribution in [1.29, 1.82) is 0 Å². The van der Waals surface area contributed by atoms with E-state index >= 15 is 0 Å². The molecule has 0 saturated heterocycles. The number of carboxylic acids is 1. The highest BCUT2D eigenvalue weighted by Crippen LogP contribution is 2.51. The standard InChI is InChI=1S/C14H17NO5S/c1-20-12-3-2-10(6-11(12)15(18)19)8-21-9-14(4-5-14)7-13(16)17/h2-3,6H,4-5,7-9H2,1H3,(H,16,17). The van der Waals surface area contributed by atoms with Crippen molar-refractivity contribution in [2.75, 3.05) is 12.9 Å². The predicted octanol–water partition coefficient (Wildman–Crippen LogP) is 3.09. The van der Waals surface area contributed by atoms with Crippen molar-refractivity contribution in [3.05, 3.63) is 33.9 Å². The van der Waals surface area contributed by atoms with Gasteiger partial charge in [-0.1, -0.05) is 6.07 Å². The van der Waals surface area contributed by atoms with Crippen LogP contribution in [0.1, 0.15) is 24.8 Å². The van der Waals surface area contributed by atoms with Crippen molar-refractivity contribution in [2.45, 2.75) is 25.0 Å². The third-order valence-electron chi connectivity index (χ3n) is 3.60. The van der Waals surface area contributed by atoms with Gasteiger partial charge in [-0.15, -0.1) is 0 Å². The van der Waals surface area contributed by atoms with Crippen molar-refractivity contribution in [1.82, 2.24) is 0 Å². The molecule has 0 aromatic heterocycles. The van der Waals surface area contributed by atoms with Crippen LogP contribution in [0.4, 0.5) is 5.69 Å². The molecule has 1 aromatic rings. The molecule has 114 valence electrons. The van der Waals surface area contributed by atoms with Crippen LogP contribution in [-0.4, -0.2) is 28.9 Å². The van der Waals surface area contributed by atoms with E-state index in [1.807, 2.05) is 0 Å². The minimum Gasteiger partial charge on any atom is -0.490 e. The van der Waals surface area contributed by atoms with Crippen LogP contribution >= 0.6 is 11.8 Å². The number of ether oxygens (including phenoxy) is 1. The maximum Gasteiger partial charge on any atom is 0.311 e. The average Bonchev–Trinajstić information content (AvgIpc) is 3.17. The monoisotopic (exact) mass is 311 g/mol. The lowest BCUT2D eigenvalue weighted by Crippen LogP contribution is -2.11. The van der Waals surface area contributed by atoms with Gasteiger partial charge in [-0.25, -0.2) is 0 Å². The number of carbonyl (C=O) groups is 1. The molecule has 0 amide bonds. The van der Waals surface area contributed by atoms with Crippen molar-refractivity contribution in [2.24, 2.45) is 5.41 Å². The molecule has 1 saturated carbocycles. The Morgan fingerprint density at radius 3 is 2.76 bits per heavy atom. The molecule has 1 aliphatic rings. The topological polar surface area (TPSA) is 89.7 Å². The predicted molar refractivity (Wildman–Crippen MR) is 79.7 cm³/mol. The molecule has 1 aromatic carbocycles. The third-order valence-corrected chi connectivity index (χ3v) is 4.95. The van der Waals surface area contributed by atoms with Crippen LogP contribution in [0.5, 0.6) is 5.75 Å². The fourth-order valence-electron chi connectivity index (χ4n) is 2.22. The molecule has 21 heavy (non-hydrogen) atoms. The first-order valence-corrected chi connectivity index (χ1v) is 7.72. The van der Waals surface area contributed by atoms with E-state index < -0.39 is 10.9 Å². The van der Waals surface area contributed by atoms with E-state index in [0.717, 1.165) is 24.2 Å². The number of nitro groups is 1. The van der Waals surface area contributed by atoms with Crippen LogP contribution in [0.15, 0.2) is 18.2 Å². The highest BCUT2D eigenvalue weighted by Gasteiger charge is 2.44. The normalized spacial score (nSPS) is 15.5. The van der Waals surface area contributed by atoms with Crippen molar-refractivity contribution in [3.63, 3.8) is 0 Å². The molecule has 1 aliphatic carbocycles. The first-order chi connectivity index (χ1) is 9.96. The minimum atomic E-state index is -0.756. The first-order valence-electron chi connectivity index (χ1n) is 6.57. The summed E-state index contributed by atoms with van der Waals surface area (Å²) < 4.78 is 4.96. The Hall–Kier alpha value is -1.76. The summed E-state index contributed by atoms with van der Waals surface area (Å²) in [6.45, 7) is 0. The van der Waals surface area contributed by atoms with Gasteiger partial charge in [0.25, 0.3) is 0 Å². The molecule has 0 bridgehead atoms. The summed E-state index contributed by atoms with van der Waals surface area (Å²) in [5, 5.41) is 19.8. The Labute approximate surface area is 126 Å². The minimum absolute atomic E-state index is 0.0396. The fraction of sp³-hybridized carbons (Fsp3) is 0.500. The zero-order valence-corrected chi connectivity index (χ0v) is 12.5. The Morgan fingerprint density at radius 2 is 2.24 bits per heavy atom. The van der Waals surface area contributed by atoms with Gasteiger partial charge in [-0.05, 0) is 35.6 Å². The van der Waals surface area contributed by atoms with Gasteiger partial charge in [0.2, 0.25) is 0 Å². The Kier molecular flexibility index (Phi) is 4.72. The summed E-state index contributed by atoms with van der Waals surface area (Å²) in [6.07, 6.45) is 2.12. The quantitative estimate of drug-likeness (QED) is 0.586. The highest BCUT2D eigenvalue weighted by atomic mass is 32.2. The molecule has 1 N–H and O–H groups in total. The number of nitrogens with zero attached hydrogens (tertiary/aromatic N) is 1. The number of nitro benzene ring substituents is 1. The van der Waals surface area contributed by atoms with Gasteiger partial charge in [-0.3, -0.25) is 14.9 Å². The average molecular weight is 311 g/mol. The van der Waals surface area contributed by atoms with E-state index in [2.05, 4.69) is 0 Å². The number of carboxylic acid groups (broad SMARTS) is 1. The van der Waals surface area contributed by atoms with E-state index in [-0.39, 0.29) is 23.3 Å². The second-order valence-corrected chi connectivity index (χ2v) is 6.31. The van der Waals surface area contributed by atoms with Crippen LogP contribution in [0.2, 0.25) is 0 Å². The van der Waals surface area contributed by atoms with Gasteiger partial charge in [-0.2, -0.15) is 11.8 Å². The Bertz CT molecular complexity index is 556. The fourth-order valence-corrected chi connectivity index (χ4v) is 3.56. The van der Waals surface area contributed by atoms with Crippen LogP contribution < -0.4 is 4.74 Å². The van der Waals surface area contributed by atoms with E-state index in [1.54, 1.807) is 23.9 Å². The molecule has 0 atom stereocenters. The lowest BCUT2D eigenvalue weighted by Gasteiger charge is -2.11. The van der Waals surface area contributed by atoms with E-state index in [1.165, 1.54) is 13.2 Å². The van der Waals surface area contributed by atoms with Crippen LogP contribution in [0.25, 0.3) is 0 Å². The van der Waals surface area contributed by atoms with Crippen LogP contribution in [0.3, 0.4) is 0 Å². The summed E-state index contributed by atoms with van der Waals surface area (Å²) in [4.78, 5) is 21.3. The van der Waals surface area contributed by atoms with E-state index in [4.69, 9.17) is 9.84 Å². The number of aliphatic carboxylic acids is 1. The summed E-state index contributed by atoms with van der Waals surface area (Å²) in [5.41, 5.74) is 0.746. The number of thioether (sulfide) groups is 1. The molecule has 6 nitrogen and oxygen atoms in total. The Balaban J connectivity index is 1.93.